The van der Waals surface area contributed by atoms with Crippen LogP contribution in [0, 0.1) is 0 Å². The summed E-state index contributed by atoms with van der Waals surface area (Å²) < 4.78 is 0.963. The van der Waals surface area contributed by atoms with E-state index < -0.39 is 0 Å². The Hall–Kier alpha value is -1.42. The van der Waals surface area contributed by atoms with E-state index in [9.17, 15) is 4.79 Å². The summed E-state index contributed by atoms with van der Waals surface area (Å²) in [4.78, 5) is 15.9. The van der Waals surface area contributed by atoms with Crippen molar-refractivity contribution in [1.82, 2.24) is 4.98 Å². The zero-order chi connectivity index (χ0) is 9.42. The smallest absolute Gasteiger partial charge is 0.171 e. The Bertz CT molecular complexity index is 475. The van der Waals surface area contributed by atoms with Gasteiger partial charge in [0.05, 0.1) is 15.3 Å². The van der Waals surface area contributed by atoms with Crippen molar-refractivity contribution in [2.75, 3.05) is 5.73 Å². The minimum Gasteiger partial charge on any atom is -0.396 e. The number of pyridine rings is 1. The number of hydrogen-bond donors (Lipinski definition) is 1. The number of Topliss-reactive ketones (excluding diaryl/α,β-unsaturated/α-hetero) is 1. The molecular weight excluding hydrogens is 184 g/mol. The van der Waals surface area contributed by atoms with Gasteiger partial charge in [0.2, 0.25) is 0 Å². The first-order valence-corrected chi connectivity index (χ1v) is 4.65. The lowest BCUT2D eigenvalue weighted by Gasteiger charge is -1.90. The predicted molar refractivity (Wildman–Crippen MR) is 54.0 cm³/mol. The lowest BCUT2D eigenvalue weighted by atomic mass is 10.3. The number of nitrogens with zero attached hydrogens (tertiary/aromatic N) is 1. The van der Waals surface area contributed by atoms with Gasteiger partial charge in [0.15, 0.2) is 5.78 Å². The number of thiophene rings is 1. The zero-order valence-corrected chi connectivity index (χ0v) is 7.89. The standard InChI is InChI=1S/C9H8N2OS/c1-5(12)9-7(10)8-6(13-9)3-2-4-11-8/h2-4H,10H2,1H3. The van der Waals surface area contributed by atoms with E-state index in [1.165, 1.54) is 18.3 Å². The van der Waals surface area contributed by atoms with E-state index in [4.69, 9.17) is 5.73 Å². The number of nitrogen functional groups attached to an aromatic ring is 1. The zero-order valence-electron chi connectivity index (χ0n) is 7.07. The third-order valence-corrected chi connectivity index (χ3v) is 3.06. The predicted octanol–water partition coefficient (Wildman–Crippen LogP) is 2.08. The van der Waals surface area contributed by atoms with Crippen LogP contribution in [-0.4, -0.2) is 10.8 Å². The molecule has 2 heterocycles. The molecule has 0 fully saturated rings. The highest BCUT2D eigenvalue weighted by Crippen LogP contribution is 2.31. The Labute approximate surface area is 79.2 Å². The molecule has 0 aliphatic rings. The van der Waals surface area contributed by atoms with Gasteiger partial charge in [0.1, 0.15) is 5.52 Å². The maximum Gasteiger partial charge on any atom is 0.171 e. The van der Waals surface area contributed by atoms with Crippen LogP contribution < -0.4 is 5.73 Å². The van der Waals surface area contributed by atoms with Crippen LogP contribution in [0.1, 0.15) is 16.6 Å². The average molecular weight is 192 g/mol. The van der Waals surface area contributed by atoms with Crippen LogP contribution >= 0.6 is 11.3 Å². The Morgan fingerprint density at radius 2 is 2.38 bits per heavy atom. The molecule has 2 aromatic rings. The Balaban J connectivity index is 2.81. The van der Waals surface area contributed by atoms with Gasteiger partial charge in [-0.2, -0.15) is 0 Å². The summed E-state index contributed by atoms with van der Waals surface area (Å²) in [5, 5.41) is 0. The fraction of sp³-hybridized carbons (Fsp3) is 0.111. The Kier molecular flexibility index (Phi) is 1.77. The van der Waals surface area contributed by atoms with Gasteiger partial charge < -0.3 is 5.73 Å². The van der Waals surface area contributed by atoms with Crippen LogP contribution in [-0.2, 0) is 0 Å². The monoisotopic (exact) mass is 192 g/mol. The second-order valence-corrected chi connectivity index (χ2v) is 3.80. The number of fused-ring (bicyclic) bond motifs is 1. The van der Waals surface area contributed by atoms with Gasteiger partial charge in [-0.3, -0.25) is 9.78 Å². The molecule has 0 saturated heterocycles. The SMILES string of the molecule is CC(=O)c1sc2cccnc2c1N. The van der Waals surface area contributed by atoms with Crippen LogP contribution in [0.2, 0.25) is 0 Å². The first-order chi connectivity index (χ1) is 6.20. The molecule has 13 heavy (non-hydrogen) atoms. The summed E-state index contributed by atoms with van der Waals surface area (Å²) in [6, 6.07) is 3.75. The summed E-state index contributed by atoms with van der Waals surface area (Å²) in [6.07, 6.45) is 1.68. The molecule has 0 radical (unpaired) electrons. The molecule has 0 spiro atoms. The van der Waals surface area contributed by atoms with Crippen molar-refractivity contribution in [2.45, 2.75) is 6.92 Å². The number of carbonyl (C=O) groups is 1. The quantitative estimate of drug-likeness (QED) is 0.704. The molecule has 2 aromatic heterocycles. The molecule has 0 unspecified atom stereocenters. The molecule has 0 aliphatic heterocycles. The molecule has 4 heteroatoms. The van der Waals surface area contributed by atoms with Crippen LogP contribution in [0.3, 0.4) is 0 Å². The molecule has 0 bridgehead atoms. The molecule has 0 aromatic carbocycles. The highest BCUT2D eigenvalue weighted by molar-refractivity contribution is 7.21. The molecule has 0 saturated carbocycles. The first kappa shape index (κ1) is 8.19. The van der Waals surface area contributed by atoms with Crippen LogP contribution in [0.5, 0.6) is 0 Å². The molecule has 2 rings (SSSR count). The fourth-order valence-corrected chi connectivity index (χ4v) is 2.19. The number of hydrogen-bond acceptors (Lipinski definition) is 4. The molecular formula is C9H8N2OS. The van der Waals surface area contributed by atoms with Crippen molar-refractivity contribution in [3.63, 3.8) is 0 Å². The van der Waals surface area contributed by atoms with E-state index in [0.717, 1.165) is 10.2 Å². The van der Waals surface area contributed by atoms with E-state index in [1.54, 1.807) is 6.20 Å². The second-order valence-electron chi connectivity index (χ2n) is 2.75. The van der Waals surface area contributed by atoms with E-state index in [2.05, 4.69) is 4.98 Å². The van der Waals surface area contributed by atoms with Crippen molar-refractivity contribution in [3.05, 3.63) is 23.2 Å². The topological polar surface area (TPSA) is 56.0 Å². The number of carbonyl (C=O) groups excluding carboxylic acids is 1. The Morgan fingerprint density at radius 3 is 3.00 bits per heavy atom. The maximum atomic E-state index is 11.1. The van der Waals surface area contributed by atoms with Crippen molar-refractivity contribution in [1.29, 1.82) is 0 Å². The number of ketones is 1. The lowest BCUT2D eigenvalue weighted by Crippen LogP contribution is -1.94. The third kappa shape index (κ3) is 1.19. The van der Waals surface area contributed by atoms with E-state index in [0.29, 0.717) is 10.6 Å². The van der Waals surface area contributed by atoms with Gasteiger partial charge in [0, 0.05) is 13.1 Å². The molecule has 66 valence electrons. The summed E-state index contributed by atoms with van der Waals surface area (Å²) in [7, 11) is 0. The van der Waals surface area contributed by atoms with Gasteiger partial charge in [-0.15, -0.1) is 11.3 Å². The molecule has 2 N–H and O–H groups in total. The Morgan fingerprint density at radius 1 is 1.62 bits per heavy atom. The highest BCUT2D eigenvalue weighted by atomic mass is 32.1. The minimum absolute atomic E-state index is 0.000463. The van der Waals surface area contributed by atoms with Gasteiger partial charge >= 0.3 is 0 Å². The van der Waals surface area contributed by atoms with Gasteiger partial charge in [-0.25, -0.2) is 0 Å². The third-order valence-electron chi connectivity index (χ3n) is 1.80. The molecule has 0 amide bonds. The van der Waals surface area contributed by atoms with Crippen molar-refractivity contribution >= 4 is 33.0 Å². The maximum absolute atomic E-state index is 11.1. The summed E-state index contributed by atoms with van der Waals surface area (Å²) in [5.74, 6) is 0.000463. The van der Waals surface area contributed by atoms with Crippen LogP contribution in [0.4, 0.5) is 5.69 Å². The summed E-state index contributed by atoms with van der Waals surface area (Å²) in [6.45, 7) is 1.51. The second kappa shape index (κ2) is 2.81. The van der Waals surface area contributed by atoms with Crippen LogP contribution in [0.25, 0.3) is 10.2 Å². The van der Waals surface area contributed by atoms with E-state index >= 15 is 0 Å². The number of aromatic nitrogens is 1. The van der Waals surface area contributed by atoms with Crippen LogP contribution in [0.15, 0.2) is 18.3 Å². The normalized spacial score (nSPS) is 10.5. The van der Waals surface area contributed by atoms with Crippen molar-refractivity contribution in [3.8, 4) is 0 Å². The number of anilines is 1. The van der Waals surface area contributed by atoms with E-state index in [1.807, 2.05) is 12.1 Å². The summed E-state index contributed by atoms with van der Waals surface area (Å²) >= 11 is 1.39. The first-order valence-electron chi connectivity index (χ1n) is 3.84. The highest BCUT2D eigenvalue weighted by Gasteiger charge is 2.12. The molecule has 3 nitrogen and oxygen atoms in total. The lowest BCUT2D eigenvalue weighted by molar-refractivity contribution is 0.102. The average Bonchev–Trinajstić information content (AvgIpc) is 2.45. The number of rotatable bonds is 1. The summed E-state index contributed by atoms with van der Waals surface area (Å²) in [5.41, 5.74) is 7.01. The largest absolute Gasteiger partial charge is 0.396 e. The minimum atomic E-state index is 0.000463. The van der Waals surface area contributed by atoms with E-state index in [-0.39, 0.29) is 5.78 Å². The van der Waals surface area contributed by atoms with Gasteiger partial charge in [0.25, 0.3) is 0 Å². The molecule has 0 atom stereocenters. The fourth-order valence-electron chi connectivity index (χ4n) is 1.21. The van der Waals surface area contributed by atoms with Gasteiger partial charge in [-0.05, 0) is 12.1 Å². The van der Waals surface area contributed by atoms with Gasteiger partial charge in [-0.1, -0.05) is 0 Å². The molecule has 0 aliphatic carbocycles. The van der Waals surface area contributed by atoms with Crippen molar-refractivity contribution in [2.24, 2.45) is 0 Å². The van der Waals surface area contributed by atoms with Crippen molar-refractivity contribution < 1.29 is 4.79 Å². The number of nitrogens with two attached hydrogens (primary N) is 1.